The second-order valence-electron chi connectivity index (χ2n) is 5.09. The molecule has 0 unspecified atom stereocenters. The molecule has 2 aromatic heterocycles. The van der Waals surface area contributed by atoms with Crippen molar-refractivity contribution in [2.45, 2.75) is 13.8 Å². The van der Waals surface area contributed by atoms with Crippen molar-refractivity contribution in [1.29, 1.82) is 0 Å². The first-order valence-electron chi connectivity index (χ1n) is 7.00. The van der Waals surface area contributed by atoms with Crippen LogP contribution in [-0.2, 0) is 0 Å². The third kappa shape index (κ3) is 3.41. The summed E-state index contributed by atoms with van der Waals surface area (Å²) in [6.07, 6.45) is 3.44. The van der Waals surface area contributed by atoms with E-state index in [2.05, 4.69) is 15.3 Å². The lowest BCUT2D eigenvalue weighted by atomic mass is 10.2. The number of nitrogens with one attached hydrogen (secondary N) is 1. The zero-order valence-corrected chi connectivity index (χ0v) is 14.2. The molecule has 0 saturated carbocycles. The Morgan fingerprint density at radius 2 is 2.09 bits per heavy atom. The minimum Gasteiger partial charge on any atom is -0.321 e. The van der Waals surface area contributed by atoms with E-state index in [9.17, 15) is 4.79 Å². The maximum absolute atomic E-state index is 12.5. The van der Waals surface area contributed by atoms with E-state index in [1.165, 1.54) is 11.3 Å². The number of pyridine rings is 1. The summed E-state index contributed by atoms with van der Waals surface area (Å²) < 4.78 is 0. The molecule has 0 radical (unpaired) electrons. The number of nitrogens with zero attached hydrogens (tertiary/aromatic N) is 2. The van der Waals surface area contributed by atoms with Crippen molar-refractivity contribution in [2.75, 3.05) is 5.32 Å². The maximum atomic E-state index is 12.5. The van der Waals surface area contributed by atoms with Crippen LogP contribution in [0, 0.1) is 13.8 Å². The molecule has 0 aliphatic carbocycles. The number of hydrogen-bond acceptors (Lipinski definition) is 4. The first kappa shape index (κ1) is 15.6. The molecule has 1 N–H and O–H groups in total. The Balaban J connectivity index is 1.85. The molecule has 23 heavy (non-hydrogen) atoms. The Hall–Kier alpha value is -2.24. The van der Waals surface area contributed by atoms with Gasteiger partial charge in [0.25, 0.3) is 5.91 Å². The monoisotopic (exact) mass is 343 g/mol. The average Bonchev–Trinajstić information content (AvgIpc) is 2.94. The number of carbonyl (C=O) groups is 1. The lowest BCUT2D eigenvalue weighted by molar-refractivity contribution is 0.103. The molecule has 0 saturated heterocycles. The third-order valence-corrected chi connectivity index (χ3v) is 4.95. The van der Waals surface area contributed by atoms with E-state index in [4.69, 9.17) is 11.6 Å². The SMILES string of the molecule is Cc1ccc(NC(=O)c2sc(-c3cccnc3)nc2C)cc1Cl. The van der Waals surface area contributed by atoms with Crippen molar-refractivity contribution >= 4 is 34.5 Å². The molecule has 1 aromatic carbocycles. The summed E-state index contributed by atoms with van der Waals surface area (Å²) in [6, 6.07) is 9.22. The van der Waals surface area contributed by atoms with Gasteiger partial charge in [-0.1, -0.05) is 17.7 Å². The normalized spacial score (nSPS) is 10.6. The predicted molar refractivity (Wildman–Crippen MR) is 94.2 cm³/mol. The van der Waals surface area contributed by atoms with Crippen molar-refractivity contribution < 1.29 is 4.79 Å². The smallest absolute Gasteiger partial charge is 0.267 e. The molecule has 3 rings (SSSR count). The number of aryl methyl sites for hydroxylation is 2. The minimum absolute atomic E-state index is 0.185. The molecule has 0 fully saturated rings. The van der Waals surface area contributed by atoms with Gasteiger partial charge in [0.2, 0.25) is 0 Å². The quantitative estimate of drug-likeness (QED) is 0.748. The number of thiazole rings is 1. The van der Waals surface area contributed by atoms with Crippen LogP contribution >= 0.6 is 22.9 Å². The molecule has 0 atom stereocenters. The highest BCUT2D eigenvalue weighted by Crippen LogP contribution is 2.28. The highest BCUT2D eigenvalue weighted by molar-refractivity contribution is 7.17. The Labute approximate surface area is 143 Å². The van der Waals surface area contributed by atoms with E-state index < -0.39 is 0 Å². The van der Waals surface area contributed by atoms with Gasteiger partial charge in [0.1, 0.15) is 9.88 Å². The molecule has 2 heterocycles. The van der Waals surface area contributed by atoms with Gasteiger partial charge < -0.3 is 5.32 Å². The topological polar surface area (TPSA) is 54.9 Å². The Morgan fingerprint density at radius 3 is 2.78 bits per heavy atom. The van der Waals surface area contributed by atoms with Gasteiger partial charge in [-0.2, -0.15) is 0 Å². The number of benzene rings is 1. The summed E-state index contributed by atoms with van der Waals surface area (Å²) in [4.78, 5) is 21.6. The van der Waals surface area contributed by atoms with Crippen LogP contribution in [0.1, 0.15) is 20.9 Å². The van der Waals surface area contributed by atoms with Crippen LogP contribution in [0.25, 0.3) is 10.6 Å². The van der Waals surface area contributed by atoms with Crippen molar-refractivity contribution in [3.05, 3.63) is 63.9 Å². The van der Waals surface area contributed by atoms with Gasteiger partial charge >= 0.3 is 0 Å². The molecular formula is C17H14ClN3OS. The van der Waals surface area contributed by atoms with E-state index in [1.807, 2.05) is 38.1 Å². The van der Waals surface area contributed by atoms with Gasteiger partial charge in [0, 0.05) is 28.7 Å². The van der Waals surface area contributed by atoms with Crippen LogP contribution in [0.3, 0.4) is 0 Å². The fourth-order valence-electron chi connectivity index (χ4n) is 2.08. The Morgan fingerprint density at radius 1 is 1.26 bits per heavy atom. The summed E-state index contributed by atoms with van der Waals surface area (Å²) in [5.41, 5.74) is 3.24. The van der Waals surface area contributed by atoms with Gasteiger partial charge in [-0.3, -0.25) is 9.78 Å². The molecule has 6 heteroatoms. The number of aromatic nitrogens is 2. The van der Waals surface area contributed by atoms with Crippen LogP contribution in [0.2, 0.25) is 5.02 Å². The average molecular weight is 344 g/mol. The van der Waals surface area contributed by atoms with E-state index in [0.29, 0.717) is 21.3 Å². The van der Waals surface area contributed by atoms with Gasteiger partial charge in [-0.25, -0.2) is 4.98 Å². The van der Waals surface area contributed by atoms with Gasteiger partial charge in [0.05, 0.1) is 5.69 Å². The lowest BCUT2D eigenvalue weighted by Crippen LogP contribution is -2.11. The second-order valence-corrected chi connectivity index (χ2v) is 6.50. The number of rotatable bonds is 3. The number of carbonyl (C=O) groups excluding carboxylic acids is 1. The van der Waals surface area contributed by atoms with E-state index in [-0.39, 0.29) is 5.91 Å². The van der Waals surface area contributed by atoms with Crippen LogP contribution in [0.15, 0.2) is 42.7 Å². The molecule has 116 valence electrons. The zero-order valence-electron chi connectivity index (χ0n) is 12.6. The largest absolute Gasteiger partial charge is 0.321 e. The molecule has 3 aromatic rings. The fourth-order valence-corrected chi connectivity index (χ4v) is 3.21. The molecule has 0 bridgehead atoms. The second kappa shape index (κ2) is 6.48. The van der Waals surface area contributed by atoms with Gasteiger partial charge in [-0.15, -0.1) is 11.3 Å². The summed E-state index contributed by atoms with van der Waals surface area (Å²) in [7, 11) is 0. The molecule has 0 spiro atoms. The van der Waals surface area contributed by atoms with E-state index in [0.717, 1.165) is 16.1 Å². The first-order chi connectivity index (χ1) is 11.0. The van der Waals surface area contributed by atoms with E-state index in [1.54, 1.807) is 18.5 Å². The summed E-state index contributed by atoms with van der Waals surface area (Å²) in [5, 5.41) is 4.27. The summed E-state index contributed by atoms with van der Waals surface area (Å²) >= 11 is 7.44. The summed E-state index contributed by atoms with van der Waals surface area (Å²) in [5.74, 6) is -0.185. The van der Waals surface area contributed by atoms with Gasteiger partial charge in [-0.05, 0) is 43.7 Å². The molecule has 0 aliphatic rings. The number of hydrogen-bond donors (Lipinski definition) is 1. The molecule has 1 amide bonds. The van der Waals surface area contributed by atoms with Crippen molar-refractivity contribution in [3.8, 4) is 10.6 Å². The van der Waals surface area contributed by atoms with E-state index >= 15 is 0 Å². The number of halogens is 1. The molecular weight excluding hydrogens is 330 g/mol. The van der Waals surface area contributed by atoms with Crippen molar-refractivity contribution in [1.82, 2.24) is 9.97 Å². The van der Waals surface area contributed by atoms with Crippen molar-refractivity contribution in [3.63, 3.8) is 0 Å². The van der Waals surface area contributed by atoms with Gasteiger partial charge in [0.15, 0.2) is 0 Å². The highest BCUT2D eigenvalue weighted by atomic mass is 35.5. The number of anilines is 1. The fraction of sp³-hybridized carbons (Fsp3) is 0.118. The number of amides is 1. The Bertz CT molecular complexity index is 862. The lowest BCUT2D eigenvalue weighted by Gasteiger charge is -2.05. The Kier molecular flexibility index (Phi) is 4.41. The first-order valence-corrected chi connectivity index (χ1v) is 8.19. The minimum atomic E-state index is -0.185. The standard InChI is InChI=1S/C17H14ClN3OS/c1-10-5-6-13(8-14(10)18)21-16(22)15-11(2)20-17(23-15)12-4-3-7-19-9-12/h3-9H,1-2H3,(H,21,22). The van der Waals surface area contributed by atoms with Crippen LogP contribution in [0.4, 0.5) is 5.69 Å². The van der Waals surface area contributed by atoms with Crippen molar-refractivity contribution in [2.24, 2.45) is 0 Å². The maximum Gasteiger partial charge on any atom is 0.267 e. The highest BCUT2D eigenvalue weighted by Gasteiger charge is 2.16. The molecule has 0 aliphatic heterocycles. The predicted octanol–water partition coefficient (Wildman–Crippen LogP) is 4.73. The molecule has 4 nitrogen and oxygen atoms in total. The third-order valence-electron chi connectivity index (χ3n) is 3.34. The van der Waals surface area contributed by atoms with Crippen LogP contribution in [-0.4, -0.2) is 15.9 Å². The van der Waals surface area contributed by atoms with Crippen LogP contribution < -0.4 is 5.32 Å². The van der Waals surface area contributed by atoms with Crippen LogP contribution in [0.5, 0.6) is 0 Å². The summed E-state index contributed by atoms with van der Waals surface area (Å²) in [6.45, 7) is 3.74. The zero-order chi connectivity index (χ0) is 16.4.